The Hall–Kier alpha value is -5.35. The molecule has 6 heterocycles. The van der Waals surface area contributed by atoms with Gasteiger partial charge in [-0.25, -0.2) is 4.98 Å². The van der Waals surface area contributed by atoms with Gasteiger partial charge in [-0.3, -0.25) is 39.2 Å². The number of alkyl halides is 3. The summed E-state index contributed by atoms with van der Waals surface area (Å²) in [5.41, 5.74) is -1.02. The van der Waals surface area contributed by atoms with Crippen LogP contribution in [0.4, 0.5) is 35.9 Å². The molecule has 2 bridgehead atoms. The highest BCUT2D eigenvalue weighted by atomic mass is 35.5. The largest absolute Gasteiger partial charge is 0.492 e. The zero-order chi connectivity index (χ0) is 43.1. The molecule has 3 N–H and O–H groups in total. The third-order valence-electron chi connectivity index (χ3n) is 11.4. The van der Waals surface area contributed by atoms with Crippen LogP contribution in [0.3, 0.4) is 0 Å². The van der Waals surface area contributed by atoms with Gasteiger partial charge < -0.3 is 20.3 Å². The van der Waals surface area contributed by atoms with E-state index >= 15 is 0 Å². The number of nitrogens with zero attached hydrogens (tertiary/aromatic N) is 6. The number of aryl methyl sites for hydroxylation is 1. The van der Waals surface area contributed by atoms with Crippen molar-refractivity contribution in [3.05, 3.63) is 70.5 Å². The second kappa shape index (κ2) is 17.0. The van der Waals surface area contributed by atoms with E-state index in [0.717, 1.165) is 48.7 Å². The molecule has 1 unspecified atom stereocenters. The first kappa shape index (κ1) is 42.8. The van der Waals surface area contributed by atoms with Gasteiger partial charge in [0.1, 0.15) is 30.0 Å². The van der Waals surface area contributed by atoms with Crippen LogP contribution in [0.2, 0.25) is 5.02 Å². The van der Waals surface area contributed by atoms with E-state index < -0.39 is 40.8 Å². The Kier molecular flexibility index (Phi) is 12.1. The number of hydrogen-bond acceptors (Lipinski definition) is 11. The molecule has 5 aliphatic rings. The smallest absolute Gasteiger partial charge is 0.419 e. The number of nitriles is 1. The number of rotatable bonds is 12. The van der Waals surface area contributed by atoms with Gasteiger partial charge in [-0.2, -0.15) is 18.4 Å². The Morgan fingerprint density at radius 1 is 1.05 bits per heavy atom. The van der Waals surface area contributed by atoms with E-state index in [2.05, 4.69) is 30.7 Å². The third kappa shape index (κ3) is 8.76. The van der Waals surface area contributed by atoms with Crippen LogP contribution in [-0.4, -0.2) is 100.0 Å². The minimum absolute atomic E-state index is 0.0232. The number of benzene rings is 2. The second-order valence-electron chi connectivity index (χ2n) is 15.7. The molecule has 1 aromatic heterocycles. The molecular formula is C41H43ClF3N9O5S. The van der Waals surface area contributed by atoms with Crippen molar-refractivity contribution in [3.63, 3.8) is 0 Å². The number of aromatic nitrogens is 1. The lowest BCUT2D eigenvalue weighted by molar-refractivity contribution is -0.138. The van der Waals surface area contributed by atoms with Gasteiger partial charge in [-0.1, -0.05) is 18.5 Å². The zero-order valence-corrected chi connectivity index (χ0v) is 34.6. The van der Waals surface area contributed by atoms with Gasteiger partial charge in [-0.05, 0) is 99.8 Å². The molecule has 8 rings (SSSR count). The molecule has 14 nitrogen and oxygen atoms in total. The fourth-order valence-electron chi connectivity index (χ4n) is 8.37. The van der Waals surface area contributed by atoms with Crippen molar-refractivity contribution in [2.75, 3.05) is 53.2 Å². The predicted octanol–water partition coefficient (Wildman–Crippen LogP) is 5.49. The maximum absolute atomic E-state index is 13.8. The summed E-state index contributed by atoms with van der Waals surface area (Å²) in [6.07, 6.45) is -0.676. The number of carbonyl (C=O) groups excluding carboxylic acids is 4. The van der Waals surface area contributed by atoms with E-state index in [4.69, 9.17) is 28.6 Å². The zero-order valence-electron chi connectivity index (χ0n) is 33.1. The highest BCUT2D eigenvalue weighted by molar-refractivity contribution is 7.81. The van der Waals surface area contributed by atoms with Crippen molar-refractivity contribution in [2.24, 2.45) is 0 Å². The van der Waals surface area contributed by atoms with Crippen LogP contribution >= 0.6 is 23.8 Å². The first-order valence-electron chi connectivity index (χ1n) is 19.6. The minimum Gasteiger partial charge on any atom is -0.492 e. The van der Waals surface area contributed by atoms with Gasteiger partial charge >= 0.3 is 6.18 Å². The van der Waals surface area contributed by atoms with Crippen molar-refractivity contribution < 1.29 is 37.1 Å². The van der Waals surface area contributed by atoms with Gasteiger partial charge in [0.15, 0.2) is 10.8 Å². The summed E-state index contributed by atoms with van der Waals surface area (Å²) >= 11 is 12.0. The molecule has 5 fully saturated rings. The first-order chi connectivity index (χ1) is 28.5. The van der Waals surface area contributed by atoms with E-state index in [-0.39, 0.29) is 47.7 Å². The van der Waals surface area contributed by atoms with Crippen LogP contribution in [0, 0.1) is 11.3 Å². The Morgan fingerprint density at radius 2 is 1.77 bits per heavy atom. The lowest BCUT2D eigenvalue weighted by Gasteiger charge is -2.51. The number of nitrogens with one attached hydrogen (secondary N) is 3. The standard InChI is InChI=1S/C41H43ClF3N9O5S/c1-4-23-13-27(54-39(60)53(38(58)40(54,2)3)30-17-31(41(43,44)45)33(18-46)47-19-30)7-9-34(23)59-12-11-51-20-29-6-5-28(51)21-52(29)22-36(56)49-26-15-24(42)14-25(16-26)48-32-8-10-35(55)50-37(32)57/h7,9,13-17,19,28-29,32,48H,4-6,8,10-12,20-22H2,1-3H3,(H,49,56)(H,50,55,57)/t28-,29-,32?/m0/s1. The fourth-order valence-corrected chi connectivity index (χ4v) is 9.12. The van der Waals surface area contributed by atoms with Gasteiger partial charge in [0.05, 0.1) is 24.0 Å². The van der Waals surface area contributed by atoms with Crippen molar-refractivity contribution in [1.82, 2.24) is 20.1 Å². The summed E-state index contributed by atoms with van der Waals surface area (Å²) in [5.74, 6) is -0.775. The average molecular weight is 866 g/mol. The molecule has 0 saturated carbocycles. The quantitative estimate of drug-likeness (QED) is 0.155. The summed E-state index contributed by atoms with van der Waals surface area (Å²) in [7, 11) is 0. The van der Waals surface area contributed by atoms with Crippen LogP contribution in [0.25, 0.3) is 0 Å². The van der Waals surface area contributed by atoms with Crippen molar-refractivity contribution in [1.29, 1.82) is 5.26 Å². The first-order valence-corrected chi connectivity index (χ1v) is 20.4. The molecular weight excluding hydrogens is 823 g/mol. The summed E-state index contributed by atoms with van der Waals surface area (Å²) < 4.78 is 47.6. The number of imide groups is 1. The van der Waals surface area contributed by atoms with Crippen molar-refractivity contribution >= 4 is 75.3 Å². The van der Waals surface area contributed by atoms with Crippen LogP contribution in [-0.2, 0) is 31.8 Å². The maximum Gasteiger partial charge on any atom is 0.419 e. The Labute approximate surface area is 355 Å². The monoisotopic (exact) mass is 865 g/mol. The van der Waals surface area contributed by atoms with E-state index in [1.807, 2.05) is 19.1 Å². The normalized spacial score (nSPS) is 21.9. The average Bonchev–Trinajstić information content (AvgIpc) is 3.37. The summed E-state index contributed by atoms with van der Waals surface area (Å²) in [6.45, 7) is 8.04. The summed E-state index contributed by atoms with van der Waals surface area (Å²) in [5, 5.41) is 17.9. The number of hydrogen-bond donors (Lipinski definition) is 3. The number of pyridine rings is 1. The summed E-state index contributed by atoms with van der Waals surface area (Å²) in [6, 6.07) is 12.5. The van der Waals surface area contributed by atoms with E-state index in [9.17, 15) is 37.6 Å². The molecule has 0 aliphatic carbocycles. The lowest BCUT2D eigenvalue weighted by Crippen LogP contribution is -2.63. The second-order valence-corrected chi connectivity index (χ2v) is 16.5. The number of thiocarbonyl (C=S) groups is 1. The van der Waals surface area contributed by atoms with Gasteiger partial charge in [0, 0.05) is 60.2 Å². The number of ether oxygens (including phenoxy) is 1. The van der Waals surface area contributed by atoms with Crippen LogP contribution in [0.5, 0.6) is 5.75 Å². The molecule has 60 heavy (non-hydrogen) atoms. The number of piperidine rings is 3. The SMILES string of the molecule is CCc1cc(N2C(=S)N(c3cnc(C#N)c(C(F)(F)F)c3)C(=O)C2(C)C)ccc1OCCN1C[C@@H]2CC[C@H]1CN2CC(=O)Nc1cc(Cl)cc(NC2CCC(=O)NC2=O)c1. The molecule has 5 saturated heterocycles. The molecule has 2 aromatic carbocycles. The van der Waals surface area contributed by atoms with Crippen LogP contribution in [0.1, 0.15) is 63.3 Å². The highest BCUT2D eigenvalue weighted by Gasteiger charge is 2.51. The van der Waals surface area contributed by atoms with Crippen LogP contribution in [0.15, 0.2) is 48.7 Å². The summed E-state index contributed by atoms with van der Waals surface area (Å²) in [4.78, 5) is 61.5. The molecule has 5 aliphatic heterocycles. The maximum atomic E-state index is 13.8. The number of amides is 4. The molecule has 4 amide bonds. The third-order valence-corrected chi connectivity index (χ3v) is 12.0. The number of fused-ring (bicyclic) bond motifs is 3. The Morgan fingerprint density at radius 3 is 2.43 bits per heavy atom. The number of piperazine rings is 1. The number of halogens is 4. The van der Waals surface area contributed by atoms with Crippen molar-refractivity contribution in [2.45, 2.75) is 82.7 Å². The van der Waals surface area contributed by atoms with Gasteiger partial charge in [-0.15, -0.1) is 0 Å². The highest BCUT2D eigenvalue weighted by Crippen LogP contribution is 2.40. The molecule has 316 valence electrons. The van der Waals surface area contributed by atoms with Gasteiger partial charge in [0.2, 0.25) is 17.7 Å². The minimum atomic E-state index is -4.86. The number of anilines is 4. The molecule has 19 heteroatoms. The number of carbonyl (C=O) groups is 4. The Bertz CT molecular complexity index is 2290. The van der Waals surface area contributed by atoms with Gasteiger partial charge in [0.25, 0.3) is 5.91 Å². The van der Waals surface area contributed by atoms with Crippen molar-refractivity contribution in [3.8, 4) is 11.8 Å². The van der Waals surface area contributed by atoms with E-state index in [1.54, 1.807) is 43.0 Å². The fraction of sp³-hybridized carbons (Fsp3) is 0.439. The van der Waals surface area contributed by atoms with Crippen LogP contribution < -0.4 is 30.5 Å². The molecule has 0 spiro atoms. The predicted molar refractivity (Wildman–Crippen MR) is 222 cm³/mol. The topological polar surface area (TPSA) is 163 Å². The molecule has 0 radical (unpaired) electrons. The lowest BCUT2D eigenvalue weighted by atomic mass is 9.91. The van der Waals surface area contributed by atoms with E-state index in [0.29, 0.717) is 53.8 Å². The molecule has 3 atom stereocenters. The Balaban J connectivity index is 0.938. The molecule has 3 aromatic rings. The van der Waals surface area contributed by atoms with E-state index in [1.165, 1.54) is 6.07 Å².